The molecule has 6 nitrogen and oxygen atoms in total. The summed E-state index contributed by atoms with van der Waals surface area (Å²) in [6, 6.07) is 0. The van der Waals surface area contributed by atoms with Gasteiger partial charge >= 0.3 is 0 Å². The topological polar surface area (TPSA) is 74.4 Å². The van der Waals surface area contributed by atoms with Crippen LogP contribution in [0.3, 0.4) is 0 Å². The van der Waals surface area contributed by atoms with Gasteiger partial charge in [-0.3, -0.25) is 0 Å². The summed E-state index contributed by atoms with van der Waals surface area (Å²) >= 11 is 0. The third-order valence-corrected chi connectivity index (χ3v) is 3.92. The van der Waals surface area contributed by atoms with Crippen LogP contribution in [0.4, 0.5) is 0 Å². The number of likely N-dealkylation sites (tertiary alicyclic amines) is 1. The van der Waals surface area contributed by atoms with Crippen LogP contribution in [0.1, 0.15) is 51.2 Å². The lowest BCUT2D eigenvalue weighted by molar-refractivity contribution is 0.0997. The molecule has 0 spiro atoms. The fourth-order valence-corrected chi connectivity index (χ4v) is 2.71. The van der Waals surface area contributed by atoms with Gasteiger partial charge in [-0.05, 0) is 45.3 Å². The summed E-state index contributed by atoms with van der Waals surface area (Å²) in [5.41, 5.74) is 0. The highest BCUT2D eigenvalue weighted by Gasteiger charge is 2.19. The highest BCUT2D eigenvalue weighted by Crippen LogP contribution is 2.16. The van der Waals surface area contributed by atoms with E-state index in [0.717, 1.165) is 32.0 Å². The van der Waals surface area contributed by atoms with Gasteiger partial charge in [0.1, 0.15) is 0 Å². The Bertz CT molecular complexity index is 412. The van der Waals surface area contributed by atoms with E-state index in [1.807, 2.05) is 20.8 Å². The number of rotatable bonds is 7. The molecular weight excluding hydrogens is 268 g/mol. The molecule has 2 N–H and O–H groups in total. The van der Waals surface area contributed by atoms with Gasteiger partial charge in [0.05, 0.1) is 12.6 Å². The molecule has 0 aromatic carbocycles. The lowest BCUT2D eigenvalue weighted by Crippen LogP contribution is -2.40. The molecular formula is C15H28N4O2. The van der Waals surface area contributed by atoms with Gasteiger partial charge in [-0.25, -0.2) is 0 Å². The molecule has 1 aliphatic rings. The largest absolute Gasteiger partial charge is 0.392 e. The van der Waals surface area contributed by atoms with Crippen LogP contribution in [0.25, 0.3) is 0 Å². The van der Waals surface area contributed by atoms with Crippen molar-refractivity contribution in [1.82, 2.24) is 20.4 Å². The van der Waals surface area contributed by atoms with Gasteiger partial charge < -0.3 is 19.8 Å². The fourth-order valence-electron chi connectivity index (χ4n) is 2.71. The summed E-state index contributed by atoms with van der Waals surface area (Å²) in [5.74, 6) is 2.43. The highest BCUT2D eigenvalue weighted by molar-refractivity contribution is 4.90. The third-order valence-electron chi connectivity index (χ3n) is 3.92. The second-order valence-electron chi connectivity index (χ2n) is 6.43. The molecule has 0 saturated carbocycles. The molecule has 0 bridgehead atoms. The van der Waals surface area contributed by atoms with E-state index in [-0.39, 0.29) is 12.0 Å². The van der Waals surface area contributed by atoms with E-state index in [1.165, 1.54) is 12.8 Å². The number of aliphatic hydroxyl groups is 1. The zero-order valence-corrected chi connectivity index (χ0v) is 13.4. The maximum absolute atomic E-state index is 9.40. The van der Waals surface area contributed by atoms with E-state index >= 15 is 0 Å². The van der Waals surface area contributed by atoms with Gasteiger partial charge in [0.15, 0.2) is 5.82 Å². The first-order chi connectivity index (χ1) is 10.0. The maximum atomic E-state index is 9.40. The molecule has 6 heteroatoms. The van der Waals surface area contributed by atoms with Crippen molar-refractivity contribution in [3.8, 4) is 0 Å². The second kappa shape index (κ2) is 7.87. The molecule has 2 heterocycles. The molecule has 1 saturated heterocycles. The Hall–Kier alpha value is -0.980. The molecule has 0 radical (unpaired) electrons. The molecule has 1 aromatic rings. The van der Waals surface area contributed by atoms with Crippen LogP contribution < -0.4 is 5.32 Å². The number of hydrogen-bond acceptors (Lipinski definition) is 6. The van der Waals surface area contributed by atoms with Crippen molar-refractivity contribution >= 4 is 0 Å². The highest BCUT2D eigenvalue weighted by atomic mass is 16.5. The van der Waals surface area contributed by atoms with Crippen molar-refractivity contribution in [2.45, 2.75) is 52.2 Å². The van der Waals surface area contributed by atoms with Crippen LogP contribution in [-0.4, -0.2) is 52.4 Å². The van der Waals surface area contributed by atoms with Crippen molar-refractivity contribution in [3.05, 3.63) is 11.7 Å². The Kier molecular flexibility index (Phi) is 6.14. The summed E-state index contributed by atoms with van der Waals surface area (Å²) in [7, 11) is 0. The molecule has 0 aliphatic carbocycles. The van der Waals surface area contributed by atoms with E-state index < -0.39 is 0 Å². The number of aromatic nitrogens is 2. The van der Waals surface area contributed by atoms with Gasteiger partial charge in [-0.2, -0.15) is 4.98 Å². The number of piperidine rings is 1. The second-order valence-corrected chi connectivity index (χ2v) is 6.43. The van der Waals surface area contributed by atoms with Crippen molar-refractivity contribution in [2.24, 2.45) is 5.92 Å². The van der Waals surface area contributed by atoms with E-state index in [9.17, 15) is 5.11 Å². The van der Waals surface area contributed by atoms with Crippen LogP contribution in [-0.2, 0) is 6.54 Å². The Morgan fingerprint density at radius 2 is 2.05 bits per heavy atom. The van der Waals surface area contributed by atoms with Gasteiger partial charge in [-0.15, -0.1) is 0 Å². The van der Waals surface area contributed by atoms with Crippen LogP contribution >= 0.6 is 0 Å². The quantitative estimate of drug-likeness (QED) is 0.792. The maximum Gasteiger partial charge on any atom is 0.229 e. The molecule has 21 heavy (non-hydrogen) atoms. The Labute approximate surface area is 126 Å². The molecule has 1 aliphatic heterocycles. The normalized spacial score (nSPS) is 19.3. The number of nitrogens with zero attached hydrogens (tertiary/aromatic N) is 3. The summed E-state index contributed by atoms with van der Waals surface area (Å²) in [5, 5.41) is 16.8. The summed E-state index contributed by atoms with van der Waals surface area (Å²) in [4.78, 5) is 6.70. The van der Waals surface area contributed by atoms with Crippen molar-refractivity contribution in [2.75, 3.05) is 26.2 Å². The van der Waals surface area contributed by atoms with Gasteiger partial charge in [0.2, 0.25) is 5.89 Å². The zero-order valence-electron chi connectivity index (χ0n) is 13.4. The molecule has 1 fully saturated rings. The zero-order chi connectivity index (χ0) is 15.2. The number of nitrogens with one attached hydrogen (secondary N) is 1. The number of hydrogen-bond donors (Lipinski definition) is 2. The van der Waals surface area contributed by atoms with Crippen LogP contribution in [0.2, 0.25) is 0 Å². The average molecular weight is 296 g/mol. The number of aliphatic hydroxyl groups excluding tert-OH is 1. The first-order valence-electron chi connectivity index (χ1n) is 7.98. The Morgan fingerprint density at radius 1 is 1.33 bits per heavy atom. The lowest BCUT2D eigenvalue weighted by Gasteiger charge is -2.32. The van der Waals surface area contributed by atoms with E-state index in [0.29, 0.717) is 18.4 Å². The first kappa shape index (κ1) is 16.4. The van der Waals surface area contributed by atoms with Gasteiger partial charge in [0, 0.05) is 12.5 Å². The number of β-amino-alcohol motifs (C(OH)–C–C–N with tert-alkyl or cyclic N) is 1. The molecule has 1 aromatic heterocycles. The first-order valence-corrected chi connectivity index (χ1v) is 7.98. The molecule has 1 atom stereocenters. The molecule has 120 valence electrons. The van der Waals surface area contributed by atoms with Gasteiger partial charge in [-0.1, -0.05) is 19.0 Å². The minimum absolute atomic E-state index is 0.229. The molecule has 2 rings (SSSR count). The minimum Gasteiger partial charge on any atom is -0.392 e. The molecule has 1 unspecified atom stereocenters. The summed E-state index contributed by atoms with van der Waals surface area (Å²) in [6.07, 6.45) is 2.14. The third kappa shape index (κ3) is 5.37. The summed E-state index contributed by atoms with van der Waals surface area (Å²) < 4.78 is 5.19. The van der Waals surface area contributed by atoms with Gasteiger partial charge in [0.25, 0.3) is 0 Å². The molecule has 0 amide bonds. The predicted molar refractivity (Wildman–Crippen MR) is 80.9 cm³/mol. The van der Waals surface area contributed by atoms with E-state index in [1.54, 1.807) is 0 Å². The standard InChI is InChI=1S/C15H28N4O2/c1-11(2)15-17-14(18-21-15)9-16-8-13-4-6-19(7-5-13)10-12(3)20/h11-13,16,20H,4-10H2,1-3H3. The van der Waals surface area contributed by atoms with E-state index in [2.05, 4.69) is 20.4 Å². The van der Waals surface area contributed by atoms with Crippen molar-refractivity contribution in [3.63, 3.8) is 0 Å². The van der Waals surface area contributed by atoms with Crippen LogP contribution in [0.15, 0.2) is 4.52 Å². The van der Waals surface area contributed by atoms with Crippen LogP contribution in [0, 0.1) is 5.92 Å². The van der Waals surface area contributed by atoms with E-state index in [4.69, 9.17) is 4.52 Å². The van der Waals surface area contributed by atoms with Crippen molar-refractivity contribution < 1.29 is 9.63 Å². The predicted octanol–water partition coefficient (Wildman–Crippen LogP) is 1.38. The Balaban J connectivity index is 1.63. The van der Waals surface area contributed by atoms with Crippen LogP contribution in [0.5, 0.6) is 0 Å². The monoisotopic (exact) mass is 296 g/mol. The minimum atomic E-state index is -0.229. The Morgan fingerprint density at radius 3 is 2.62 bits per heavy atom. The summed E-state index contributed by atoms with van der Waals surface area (Å²) in [6.45, 7) is 10.6. The average Bonchev–Trinajstić information content (AvgIpc) is 2.89. The fraction of sp³-hybridized carbons (Fsp3) is 0.867. The smallest absolute Gasteiger partial charge is 0.229 e. The lowest BCUT2D eigenvalue weighted by atomic mass is 9.96. The van der Waals surface area contributed by atoms with Crippen molar-refractivity contribution in [1.29, 1.82) is 0 Å². The SMILES string of the molecule is CC(O)CN1CCC(CNCc2noc(C(C)C)n2)CC1.